The highest BCUT2D eigenvalue weighted by Gasteiger charge is 2.24. The molecule has 0 N–H and O–H groups in total. The Hall–Kier alpha value is -2.18. The van der Waals surface area contributed by atoms with Gasteiger partial charge in [-0.15, -0.1) is 11.3 Å². The molecular weight excluding hydrogens is 336 g/mol. The molecule has 2 heterocycles. The van der Waals surface area contributed by atoms with E-state index in [2.05, 4.69) is 4.98 Å². The second kappa shape index (κ2) is 7.80. The fourth-order valence-corrected chi connectivity index (χ4v) is 3.64. The highest BCUT2D eigenvalue weighted by atomic mass is 32.1. The molecule has 0 aliphatic carbocycles. The zero-order valence-electron chi connectivity index (χ0n) is 14.6. The van der Waals surface area contributed by atoms with Gasteiger partial charge in [0.25, 0.3) is 0 Å². The van der Waals surface area contributed by atoms with Crippen LogP contribution in [0.5, 0.6) is 5.75 Å². The van der Waals surface area contributed by atoms with Crippen molar-refractivity contribution in [1.82, 2.24) is 9.88 Å². The third kappa shape index (κ3) is 4.46. The van der Waals surface area contributed by atoms with E-state index in [1.54, 1.807) is 30.6 Å². The second-order valence-corrected chi connectivity index (χ2v) is 7.00. The first-order valence-corrected chi connectivity index (χ1v) is 9.15. The molecule has 25 heavy (non-hydrogen) atoms. The molecule has 2 unspecified atom stereocenters. The fraction of sp³-hybridized carbons (Fsp3) is 0.368. The number of aromatic nitrogens is 1. The lowest BCUT2D eigenvalue weighted by Gasteiger charge is -2.34. The maximum atomic E-state index is 12.4. The van der Waals surface area contributed by atoms with Crippen LogP contribution in [0.2, 0.25) is 0 Å². The van der Waals surface area contributed by atoms with Crippen molar-refractivity contribution in [3.63, 3.8) is 0 Å². The van der Waals surface area contributed by atoms with Crippen molar-refractivity contribution in [2.45, 2.75) is 26.1 Å². The van der Waals surface area contributed by atoms with Crippen molar-refractivity contribution >= 4 is 23.3 Å². The van der Waals surface area contributed by atoms with E-state index in [9.17, 15) is 4.79 Å². The van der Waals surface area contributed by atoms with Crippen molar-refractivity contribution < 1.29 is 14.3 Å². The summed E-state index contributed by atoms with van der Waals surface area (Å²) in [6.07, 6.45) is 3.51. The third-order valence-corrected chi connectivity index (χ3v) is 4.90. The normalized spacial score (nSPS) is 20.8. The maximum Gasteiger partial charge on any atom is 0.246 e. The monoisotopic (exact) mass is 358 g/mol. The number of rotatable bonds is 4. The molecule has 1 saturated heterocycles. The predicted octanol–water partition coefficient (Wildman–Crippen LogP) is 3.47. The van der Waals surface area contributed by atoms with E-state index in [1.807, 2.05) is 48.4 Å². The van der Waals surface area contributed by atoms with Crippen molar-refractivity contribution in [2.24, 2.45) is 0 Å². The van der Waals surface area contributed by atoms with E-state index in [0.29, 0.717) is 13.1 Å². The van der Waals surface area contributed by atoms with Crippen molar-refractivity contribution in [3.05, 3.63) is 41.4 Å². The average molecular weight is 358 g/mol. The van der Waals surface area contributed by atoms with Gasteiger partial charge in [0.1, 0.15) is 10.8 Å². The van der Waals surface area contributed by atoms with Crippen LogP contribution >= 0.6 is 11.3 Å². The summed E-state index contributed by atoms with van der Waals surface area (Å²) < 4.78 is 10.8. The first kappa shape index (κ1) is 17.6. The molecule has 0 radical (unpaired) electrons. The van der Waals surface area contributed by atoms with Crippen LogP contribution in [0, 0.1) is 0 Å². The number of methoxy groups -OCH3 is 1. The molecule has 0 saturated carbocycles. The predicted molar refractivity (Wildman–Crippen MR) is 99.7 cm³/mol. The van der Waals surface area contributed by atoms with Crippen molar-refractivity contribution in [1.29, 1.82) is 0 Å². The van der Waals surface area contributed by atoms with E-state index < -0.39 is 0 Å². The van der Waals surface area contributed by atoms with Gasteiger partial charge in [0.2, 0.25) is 5.91 Å². The molecule has 3 rings (SSSR count). The number of thiazole rings is 1. The molecule has 6 heteroatoms. The number of morpholine rings is 1. The summed E-state index contributed by atoms with van der Waals surface area (Å²) in [7, 11) is 1.65. The van der Waals surface area contributed by atoms with Gasteiger partial charge in [-0.2, -0.15) is 0 Å². The molecule has 132 valence electrons. The van der Waals surface area contributed by atoms with Gasteiger partial charge in [-0.05, 0) is 44.2 Å². The van der Waals surface area contributed by atoms with E-state index >= 15 is 0 Å². The SMILES string of the molecule is COc1ccc(-c2nc(/C=C/C(=O)N3CC(C)OC(C)C3)cs2)cc1. The molecule has 0 bridgehead atoms. The molecule has 1 aromatic heterocycles. The standard InChI is InChI=1S/C19H22N2O3S/c1-13-10-21(11-14(2)24-13)18(22)9-6-16-12-25-19(20-16)15-4-7-17(23-3)8-5-15/h4-9,12-14H,10-11H2,1-3H3/b9-6+. The van der Waals surface area contributed by atoms with Crippen molar-refractivity contribution in [2.75, 3.05) is 20.2 Å². The highest BCUT2D eigenvalue weighted by molar-refractivity contribution is 7.13. The number of benzene rings is 1. The summed E-state index contributed by atoms with van der Waals surface area (Å²) in [6, 6.07) is 7.78. The summed E-state index contributed by atoms with van der Waals surface area (Å²) in [6.45, 7) is 5.23. The number of amides is 1. The Morgan fingerprint density at radius 1 is 1.28 bits per heavy atom. The molecule has 1 amide bonds. The zero-order valence-corrected chi connectivity index (χ0v) is 15.5. The van der Waals surface area contributed by atoms with Gasteiger partial charge >= 0.3 is 0 Å². The minimum Gasteiger partial charge on any atom is -0.497 e. The second-order valence-electron chi connectivity index (χ2n) is 6.14. The van der Waals surface area contributed by atoms with Gasteiger partial charge in [-0.3, -0.25) is 4.79 Å². The van der Waals surface area contributed by atoms with Gasteiger partial charge in [0.15, 0.2) is 0 Å². The van der Waals surface area contributed by atoms with Gasteiger partial charge in [-0.1, -0.05) is 0 Å². The van der Waals surface area contributed by atoms with Crippen molar-refractivity contribution in [3.8, 4) is 16.3 Å². The molecule has 2 aromatic rings. The topological polar surface area (TPSA) is 51.7 Å². The number of carbonyl (C=O) groups is 1. The number of hydrogen-bond donors (Lipinski definition) is 0. The summed E-state index contributed by atoms with van der Waals surface area (Å²) in [5.74, 6) is 0.820. The Morgan fingerprint density at radius 3 is 2.60 bits per heavy atom. The lowest BCUT2D eigenvalue weighted by Crippen LogP contribution is -2.47. The summed E-state index contributed by atoms with van der Waals surface area (Å²) in [5, 5.41) is 2.87. The Morgan fingerprint density at radius 2 is 1.96 bits per heavy atom. The lowest BCUT2D eigenvalue weighted by molar-refractivity contribution is -0.137. The molecule has 1 fully saturated rings. The Balaban J connectivity index is 1.66. The molecule has 2 atom stereocenters. The average Bonchev–Trinajstić information content (AvgIpc) is 3.08. The van der Waals surface area contributed by atoms with E-state index in [-0.39, 0.29) is 18.1 Å². The zero-order chi connectivity index (χ0) is 17.8. The van der Waals surface area contributed by atoms with E-state index in [4.69, 9.17) is 9.47 Å². The minimum absolute atomic E-state index is 0.000924. The third-order valence-electron chi connectivity index (χ3n) is 3.99. The summed E-state index contributed by atoms with van der Waals surface area (Å²) in [5.41, 5.74) is 1.83. The Labute approximate surface area is 151 Å². The number of nitrogens with zero attached hydrogens (tertiary/aromatic N) is 2. The molecule has 5 nitrogen and oxygen atoms in total. The highest BCUT2D eigenvalue weighted by Crippen LogP contribution is 2.26. The van der Waals surface area contributed by atoms with Crippen LogP contribution in [0.1, 0.15) is 19.5 Å². The minimum atomic E-state index is 0.000924. The smallest absolute Gasteiger partial charge is 0.246 e. The number of hydrogen-bond acceptors (Lipinski definition) is 5. The number of carbonyl (C=O) groups excluding carboxylic acids is 1. The van der Waals surface area contributed by atoms with Crippen LogP contribution in [-0.4, -0.2) is 48.2 Å². The molecular formula is C19H22N2O3S. The maximum absolute atomic E-state index is 12.4. The van der Waals surface area contributed by atoms with Gasteiger partial charge in [0.05, 0.1) is 25.0 Å². The molecule has 1 aromatic carbocycles. The number of ether oxygens (including phenoxy) is 2. The van der Waals surface area contributed by atoms with Gasteiger partial charge in [0, 0.05) is 30.1 Å². The van der Waals surface area contributed by atoms with Crippen LogP contribution < -0.4 is 4.74 Å². The van der Waals surface area contributed by atoms with Crippen LogP contribution in [0.3, 0.4) is 0 Å². The largest absolute Gasteiger partial charge is 0.497 e. The summed E-state index contributed by atoms with van der Waals surface area (Å²) in [4.78, 5) is 18.8. The first-order valence-electron chi connectivity index (χ1n) is 8.27. The first-order chi connectivity index (χ1) is 12.0. The van der Waals surface area contributed by atoms with Gasteiger partial charge < -0.3 is 14.4 Å². The van der Waals surface area contributed by atoms with Crippen LogP contribution in [0.4, 0.5) is 0 Å². The Kier molecular flexibility index (Phi) is 5.50. The van der Waals surface area contributed by atoms with E-state index in [1.165, 1.54) is 0 Å². The van der Waals surface area contributed by atoms with Crippen LogP contribution in [0.25, 0.3) is 16.6 Å². The molecule has 1 aliphatic rings. The van der Waals surface area contributed by atoms with Gasteiger partial charge in [-0.25, -0.2) is 4.98 Å². The van der Waals surface area contributed by atoms with E-state index in [0.717, 1.165) is 22.0 Å². The quantitative estimate of drug-likeness (QED) is 0.786. The van der Waals surface area contributed by atoms with Crippen LogP contribution in [-0.2, 0) is 9.53 Å². The molecule has 1 aliphatic heterocycles. The lowest BCUT2D eigenvalue weighted by atomic mass is 10.2. The molecule has 0 spiro atoms. The fourth-order valence-electron chi connectivity index (χ4n) is 2.85. The summed E-state index contributed by atoms with van der Waals surface area (Å²) >= 11 is 1.56. The Bertz CT molecular complexity index is 744. The van der Waals surface area contributed by atoms with Crippen LogP contribution in [0.15, 0.2) is 35.7 Å².